The van der Waals surface area contributed by atoms with Crippen LogP contribution in [0.25, 0.3) is 0 Å². The first-order valence-electron chi connectivity index (χ1n) is 13.3. The molecule has 4 saturated carbocycles. The van der Waals surface area contributed by atoms with E-state index in [-0.39, 0.29) is 29.3 Å². The Hall–Kier alpha value is -0.380. The number of aliphatic hydroxyl groups is 2. The van der Waals surface area contributed by atoms with Crippen molar-refractivity contribution in [1.82, 2.24) is 0 Å². The van der Waals surface area contributed by atoms with Crippen molar-refractivity contribution in [3.63, 3.8) is 0 Å². The Morgan fingerprint density at radius 2 is 1.77 bits per heavy atom. The fraction of sp³-hybridized carbons (Fsp3) is 0.929. The molecule has 1 aliphatic heterocycles. The van der Waals surface area contributed by atoms with Gasteiger partial charge in [0, 0.05) is 11.8 Å². The highest BCUT2D eigenvalue weighted by Crippen LogP contribution is 2.74. The van der Waals surface area contributed by atoms with Crippen LogP contribution >= 0.6 is 0 Å². The molecule has 0 aromatic rings. The summed E-state index contributed by atoms with van der Waals surface area (Å²) in [4.78, 5) is 0. The number of hydrogen-bond donors (Lipinski definition) is 2. The van der Waals surface area contributed by atoms with Gasteiger partial charge in [0.05, 0.1) is 12.2 Å². The minimum atomic E-state index is -0.345. The van der Waals surface area contributed by atoms with Gasteiger partial charge < -0.3 is 14.9 Å². The zero-order valence-corrected chi connectivity index (χ0v) is 20.6. The molecule has 5 rings (SSSR count). The Bertz CT molecular complexity index is 732. The summed E-state index contributed by atoms with van der Waals surface area (Å²) in [5.41, 5.74) is 1.62. The quantitative estimate of drug-likeness (QED) is 0.432. The predicted octanol–water partition coefficient (Wildman–Crippen LogP) is 5.74. The van der Waals surface area contributed by atoms with Crippen LogP contribution < -0.4 is 0 Å². The molecule has 0 bridgehead atoms. The average molecular weight is 431 g/mol. The Labute approximate surface area is 190 Å². The fourth-order valence-corrected chi connectivity index (χ4v) is 9.52. The fourth-order valence-electron chi connectivity index (χ4n) is 9.52. The van der Waals surface area contributed by atoms with Crippen molar-refractivity contribution in [2.75, 3.05) is 0 Å². The maximum Gasteiger partial charge on any atom is 0.114 e. The molecule has 5 fully saturated rings. The van der Waals surface area contributed by atoms with Gasteiger partial charge in [-0.05, 0) is 92.3 Å². The molecule has 1 saturated heterocycles. The van der Waals surface area contributed by atoms with Gasteiger partial charge in [-0.1, -0.05) is 46.8 Å². The molecule has 3 nitrogen and oxygen atoms in total. The second-order valence-electron chi connectivity index (χ2n) is 13.1. The second kappa shape index (κ2) is 7.31. The number of hydrogen-bond acceptors (Lipinski definition) is 3. The van der Waals surface area contributed by atoms with Gasteiger partial charge in [0.2, 0.25) is 0 Å². The van der Waals surface area contributed by atoms with Crippen molar-refractivity contribution in [2.24, 2.45) is 46.3 Å². The van der Waals surface area contributed by atoms with Crippen LogP contribution in [0.15, 0.2) is 12.2 Å². The summed E-state index contributed by atoms with van der Waals surface area (Å²) in [5.74, 6) is 3.61. The highest BCUT2D eigenvalue weighted by molar-refractivity contribution is 5.27. The highest BCUT2D eigenvalue weighted by atomic mass is 16.6. The van der Waals surface area contributed by atoms with E-state index >= 15 is 0 Å². The number of allylic oxidation sites excluding steroid dienone is 1. The van der Waals surface area contributed by atoms with Crippen LogP contribution in [0.5, 0.6) is 0 Å². The first-order chi connectivity index (χ1) is 14.5. The lowest BCUT2D eigenvalue weighted by atomic mass is 9.43. The van der Waals surface area contributed by atoms with E-state index in [2.05, 4.69) is 41.2 Å². The molecule has 5 aliphatic rings. The summed E-state index contributed by atoms with van der Waals surface area (Å²) in [6.45, 7) is 16.3. The lowest BCUT2D eigenvalue weighted by Gasteiger charge is -2.60. The van der Waals surface area contributed by atoms with Gasteiger partial charge in [-0.25, -0.2) is 0 Å². The SMILES string of the molecule is C=C(CC[C@@H](C)[C@H]1CCC2C3C(CC[C@@]21C)[C@@]1(C)CC[C@H](O)C[C@]12O[C@@H]2[C@@H]3O)C(C)C. The molecule has 2 N–H and O–H groups in total. The zero-order valence-electron chi connectivity index (χ0n) is 20.6. The molecule has 3 unspecified atom stereocenters. The minimum Gasteiger partial charge on any atom is -0.393 e. The smallest absolute Gasteiger partial charge is 0.114 e. The van der Waals surface area contributed by atoms with E-state index in [1.807, 2.05) is 0 Å². The van der Waals surface area contributed by atoms with Crippen molar-refractivity contribution >= 4 is 0 Å². The van der Waals surface area contributed by atoms with E-state index in [1.54, 1.807) is 0 Å². The lowest BCUT2D eigenvalue weighted by molar-refractivity contribution is -0.151. The molecule has 0 radical (unpaired) electrons. The minimum absolute atomic E-state index is 0.0399. The van der Waals surface area contributed by atoms with E-state index in [0.29, 0.717) is 29.1 Å². The highest BCUT2D eigenvalue weighted by Gasteiger charge is 2.79. The first kappa shape index (κ1) is 22.4. The molecule has 11 atom stereocenters. The van der Waals surface area contributed by atoms with Crippen molar-refractivity contribution in [3.8, 4) is 0 Å². The molecule has 4 aliphatic carbocycles. The van der Waals surface area contributed by atoms with Crippen LogP contribution in [0.3, 0.4) is 0 Å². The van der Waals surface area contributed by atoms with Gasteiger partial charge in [0.1, 0.15) is 11.7 Å². The molecular formula is C28H46O3. The topological polar surface area (TPSA) is 53.0 Å². The second-order valence-corrected chi connectivity index (χ2v) is 13.1. The predicted molar refractivity (Wildman–Crippen MR) is 124 cm³/mol. The maximum atomic E-state index is 11.6. The molecule has 31 heavy (non-hydrogen) atoms. The van der Waals surface area contributed by atoms with Gasteiger partial charge >= 0.3 is 0 Å². The third-order valence-corrected chi connectivity index (χ3v) is 11.6. The summed E-state index contributed by atoms with van der Waals surface area (Å²) in [6, 6.07) is 0. The Morgan fingerprint density at radius 1 is 1.03 bits per heavy atom. The van der Waals surface area contributed by atoms with Crippen LogP contribution in [0.1, 0.15) is 92.4 Å². The Balaban J connectivity index is 1.36. The molecule has 3 heteroatoms. The van der Waals surface area contributed by atoms with Crippen LogP contribution in [-0.2, 0) is 4.74 Å². The normalized spacial score (nSPS) is 53.9. The van der Waals surface area contributed by atoms with Crippen molar-refractivity contribution in [2.45, 2.75) is 116 Å². The van der Waals surface area contributed by atoms with Crippen molar-refractivity contribution in [3.05, 3.63) is 12.2 Å². The van der Waals surface area contributed by atoms with Gasteiger partial charge in [0.15, 0.2) is 0 Å². The van der Waals surface area contributed by atoms with Crippen LogP contribution in [-0.4, -0.2) is 34.1 Å². The van der Waals surface area contributed by atoms with E-state index in [1.165, 1.54) is 37.7 Å². The summed E-state index contributed by atoms with van der Waals surface area (Å²) < 4.78 is 6.37. The first-order valence-corrected chi connectivity index (χ1v) is 13.3. The Morgan fingerprint density at radius 3 is 2.48 bits per heavy atom. The monoisotopic (exact) mass is 430 g/mol. The van der Waals surface area contributed by atoms with Crippen LogP contribution in [0, 0.1) is 46.3 Å². The number of fused-ring (bicyclic) bond motifs is 4. The molecule has 176 valence electrons. The van der Waals surface area contributed by atoms with Crippen molar-refractivity contribution < 1.29 is 14.9 Å². The average Bonchev–Trinajstić information content (AvgIpc) is 3.34. The molecule has 1 spiro atoms. The number of ether oxygens (including phenoxy) is 1. The van der Waals surface area contributed by atoms with E-state index in [4.69, 9.17) is 4.74 Å². The number of aliphatic hydroxyl groups excluding tert-OH is 2. The zero-order chi connectivity index (χ0) is 22.3. The van der Waals surface area contributed by atoms with Crippen LogP contribution in [0.4, 0.5) is 0 Å². The van der Waals surface area contributed by atoms with Gasteiger partial charge in [-0.3, -0.25) is 0 Å². The summed E-state index contributed by atoms with van der Waals surface area (Å²) in [6.07, 6.45) is 9.56. The molecular weight excluding hydrogens is 384 g/mol. The van der Waals surface area contributed by atoms with E-state index in [9.17, 15) is 10.2 Å². The van der Waals surface area contributed by atoms with Gasteiger partial charge in [0.25, 0.3) is 0 Å². The third-order valence-electron chi connectivity index (χ3n) is 11.6. The molecule has 0 amide bonds. The summed E-state index contributed by atoms with van der Waals surface area (Å²) in [5, 5.41) is 21.9. The number of epoxide rings is 1. The van der Waals surface area contributed by atoms with Crippen LogP contribution in [0.2, 0.25) is 0 Å². The summed E-state index contributed by atoms with van der Waals surface area (Å²) >= 11 is 0. The Kier molecular flexibility index (Phi) is 5.28. The summed E-state index contributed by atoms with van der Waals surface area (Å²) in [7, 11) is 0. The van der Waals surface area contributed by atoms with E-state index < -0.39 is 0 Å². The molecule has 0 aromatic heterocycles. The molecule has 1 heterocycles. The van der Waals surface area contributed by atoms with Gasteiger partial charge in [-0.15, -0.1) is 0 Å². The van der Waals surface area contributed by atoms with E-state index in [0.717, 1.165) is 37.5 Å². The maximum absolute atomic E-state index is 11.6. The largest absolute Gasteiger partial charge is 0.393 e. The van der Waals surface area contributed by atoms with Crippen molar-refractivity contribution in [1.29, 1.82) is 0 Å². The third kappa shape index (κ3) is 3.01. The lowest BCUT2D eigenvalue weighted by Crippen LogP contribution is -2.63. The number of rotatable bonds is 5. The molecule has 0 aromatic carbocycles. The standard InChI is InChI=1S/C28H46O3/c1-16(2)17(3)7-8-18(4)20-9-10-21-23-22(12-13-26(20,21)5)27(6)14-11-19(29)15-28(27)25(31-28)24(23)30/h16,18-25,29-30H,3,7-15H2,1-2,4-6H3/t18-,19+,20-,21?,22?,23?,24-,25-,26-,27-,28-/m1/s1. The van der Waals surface area contributed by atoms with Gasteiger partial charge in [-0.2, -0.15) is 0 Å².